The van der Waals surface area contributed by atoms with Crippen molar-refractivity contribution in [3.8, 4) is 0 Å². The van der Waals surface area contributed by atoms with Crippen LogP contribution in [-0.2, 0) is 0 Å². The first-order valence-corrected chi connectivity index (χ1v) is 7.72. The highest BCUT2D eigenvalue weighted by Crippen LogP contribution is 2.24. The number of nitrogens with one attached hydrogen (secondary N) is 1. The zero-order valence-corrected chi connectivity index (χ0v) is 12.9. The number of rotatable bonds is 4. The van der Waals surface area contributed by atoms with Gasteiger partial charge < -0.3 is 5.32 Å². The Kier molecular flexibility index (Phi) is 3.56. The van der Waals surface area contributed by atoms with Gasteiger partial charge >= 0.3 is 0 Å². The smallest absolute Gasteiger partial charge is 0.213 e. The number of aromatic nitrogens is 2. The highest BCUT2D eigenvalue weighted by molar-refractivity contribution is 6.11. The average Bonchev–Trinajstić information content (AvgIpc) is 3.00. The van der Waals surface area contributed by atoms with Crippen LogP contribution in [0.3, 0.4) is 0 Å². The highest BCUT2D eigenvalue weighted by atomic mass is 16.1. The SMILES string of the molecule is O=C(c1ccccc1)c1c(Nc2ccccc2)nc2ccccn12. The molecule has 0 aliphatic rings. The van der Waals surface area contributed by atoms with Crippen LogP contribution in [0.5, 0.6) is 0 Å². The van der Waals surface area contributed by atoms with Crippen molar-refractivity contribution in [2.75, 3.05) is 5.32 Å². The average molecular weight is 313 g/mol. The van der Waals surface area contributed by atoms with E-state index in [2.05, 4.69) is 10.3 Å². The number of ketones is 1. The molecule has 2 aromatic heterocycles. The minimum atomic E-state index is -0.0623. The summed E-state index contributed by atoms with van der Waals surface area (Å²) in [4.78, 5) is 17.6. The van der Waals surface area contributed by atoms with Crippen LogP contribution in [-0.4, -0.2) is 15.2 Å². The molecule has 0 unspecified atom stereocenters. The van der Waals surface area contributed by atoms with Gasteiger partial charge in [-0.15, -0.1) is 0 Å². The number of benzene rings is 2. The first-order valence-electron chi connectivity index (χ1n) is 7.72. The number of para-hydroxylation sites is 1. The van der Waals surface area contributed by atoms with E-state index in [4.69, 9.17) is 0 Å². The lowest BCUT2D eigenvalue weighted by molar-refractivity contribution is 0.103. The maximum atomic E-state index is 13.0. The molecule has 116 valence electrons. The Labute approximate surface area is 139 Å². The molecule has 0 amide bonds. The molecule has 0 atom stereocenters. The molecule has 2 aromatic carbocycles. The summed E-state index contributed by atoms with van der Waals surface area (Å²) >= 11 is 0. The number of carbonyl (C=O) groups is 1. The molecule has 0 aliphatic carbocycles. The van der Waals surface area contributed by atoms with Crippen molar-refractivity contribution < 1.29 is 4.79 Å². The van der Waals surface area contributed by atoms with Crippen molar-refractivity contribution in [1.82, 2.24) is 9.38 Å². The molecule has 4 heteroatoms. The van der Waals surface area contributed by atoms with Gasteiger partial charge in [0, 0.05) is 17.4 Å². The Hall–Kier alpha value is -3.40. The largest absolute Gasteiger partial charge is 0.338 e. The molecule has 0 fully saturated rings. The summed E-state index contributed by atoms with van der Waals surface area (Å²) in [5.74, 6) is 0.494. The summed E-state index contributed by atoms with van der Waals surface area (Å²) in [5, 5.41) is 3.26. The molecule has 0 radical (unpaired) electrons. The molecular formula is C20H15N3O. The Bertz CT molecular complexity index is 991. The van der Waals surface area contributed by atoms with Crippen molar-refractivity contribution in [3.05, 3.63) is 96.3 Å². The maximum Gasteiger partial charge on any atom is 0.213 e. The molecule has 4 aromatic rings. The zero-order chi connectivity index (χ0) is 16.4. The minimum Gasteiger partial charge on any atom is -0.338 e. The Morgan fingerprint density at radius 3 is 2.25 bits per heavy atom. The van der Waals surface area contributed by atoms with E-state index in [0.29, 0.717) is 17.1 Å². The molecule has 0 saturated carbocycles. The van der Waals surface area contributed by atoms with E-state index >= 15 is 0 Å². The van der Waals surface area contributed by atoms with E-state index in [9.17, 15) is 4.79 Å². The lowest BCUT2D eigenvalue weighted by atomic mass is 10.1. The number of hydrogen-bond donors (Lipinski definition) is 1. The topological polar surface area (TPSA) is 46.4 Å². The second-order valence-electron chi connectivity index (χ2n) is 5.42. The van der Waals surface area contributed by atoms with Crippen LogP contribution in [0.1, 0.15) is 16.1 Å². The van der Waals surface area contributed by atoms with Gasteiger partial charge in [0.25, 0.3) is 0 Å². The van der Waals surface area contributed by atoms with Crippen LogP contribution in [0.2, 0.25) is 0 Å². The number of fused-ring (bicyclic) bond motifs is 1. The molecule has 0 spiro atoms. The monoisotopic (exact) mass is 313 g/mol. The maximum absolute atomic E-state index is 13.0. The molecular weight excluding hydrogens is 298 g/mol. The molecule has 0 aliphatic heterocycles. The fourth-order valence-electron chi connectivity index (χ4n) is 2.68. The van der Waals surface area contributed by atoms with Crippen LogP contribution in [0.4, 0.5) is 11.5 Å². The minimum absolute atomic E-state index is 0.0623. The van der Waals surface area contributed by atoms with Crippen LogP contribution in [0.15, 0.2) is 85.1 Å². The number of hydrogen-bond acceptors (Lipinski definition) is 3. The van der Waals surface area contributed by atoms with Gasteiger partial charge in [0.15, 0.2) is 5.82 Å². The van der Waals surface area contributed by atoms with E-state index in [1.54, 1.807) is 0 Å². The molecule has 4 nitrogen and oxygen atoms in total. The Morgan fingerprint density at radius 2 is 1.50 bits per heavy atom. The summed E-state index contributed by atoms with van der Waals surface area (Å²) in [6.07, 6.45) is 1.86. The fraction of sp³-hybridized carbons (Fsp3) is 0. The third-order valence-corrected chi connectivity index (χ3v) is 3.82. The van der Waals surface area contributed by atoms with Crippen LogP contribution < -0.4 is 5.32 Å². The third kappa shape index (κ3) is 2.54. The lowest BCUT2D eigenvalue weighted by Crippen LogP contribution is -2.08. The third-order valence-electron chi connectivity index (χ3n) is 3.82. The van der Waals surface area contributed by atoms with Gasteiger partial charge in [0.05, 0.1) is 0 Å². The van der Waals surface area contributed by atoms with Gasteiger partial charge in [0.1, 0.15) is 11.3 Å². The van der Waals surface area contributed by atoms with Crippen LogP contribution >= 0.6 is 0 Å². The summed E-state index contributed by atoms with van der Waals surface area (Å²) in [6, 6.07) is 24.7. The summed E-state index contributed by atoms with van der Waals surface area (Å²) < 4.78 is 1.82. The predicted molar refractivity (Wildman–Crippen MR) is 94.8 cm³/mol. The lowest BCUT2D eigenvalue weighted by Gasteiger charge is -2.07. The molecule has 0 bridgehead atoms. The summed E-state index contributed by atoms with van der Waals surface area (Å²) in [5.41, 5.74) is 2.79. The molecule has 1 N–H and O–H groups in total. The molecule has 2 heterocycles. The van der Waals surface area contributed by atoms with E-state index < -0.39 is 0 Å². The first-order chi connectivity index (χ1) is 11.8. The second-order valence-corrected chi connectivity index (χ2v) is 5.42. The summed E-state index contributed by atoms with van der Waals surface area (Å²) in [6.45, 7) is 0. The molecule has 24 heavy (non-hydrogen) atoms. The van der Waals surface area contributed by atoms with Gasteiger partial charge in [-0.05, 0) is 24.3 Å². The normalized spacial score (nSPS) is 10.7. The van der Waals surface area contributed by atoms with Gasteiger partial charge in [-0.2, -0.15) is 0 Å². The fourth-order valence-corrected chi connectivity index (χ4v) is 2.68. The molecule has 0 saturated heterocycles. The van der Waals surface area contributed by atoms with Crippen molar-refractivity contribution >= 4 is 22.9 Å². The zero-order valence-electron chi connectivity index (χ0n) is 12.9. The number of imidazole rings is 1. The predicted octanol–water partition coefficient (Wildman–Crippen LogP) is 4.31. The summed E-state index contributed by atoms with van der Waals surface area (Å²) in [7, 11) is 0. The Balaban J connectivity index is 1.86. The second kappa shape index (κ2) is 6.01. The van der Waals surface area contributed by atoms with E-state index in [-0.39, 0.29) is 5.78 Å². The standard InChI is InChI=1S/C20H15N3O/c24-19(15-9-3-1-4-10-15)18-20(21-16-11-5-2-6-12-16)22-17-13-7-8-14-23(17)18/h1-14,21H. The quantitative estimate of drug-likeness (QED) is 0.571. The van der Waals surface area contributed by atoms with Crippen molar-refractivity contribution in [2.24, 2.45) is 0 Å². The highest BCUT2D eigenvalue weighted by Gasteiger charge is 2.20. The first kappa shape index (κ1) is 14.2. The van der Waals surface area contributed by atoms with Gasteiger partial charge in [-0.1, -0.05) is 54.6 Å². The van der Waals surface area contributed by atoms with E-state index in [1.165, 1.54) is 0 Å². The van der Waals surface area contributed by atoms with Crippen LogP contribution in [0, 0.1) is 0 Å². The van der Waals surface area contributed by atoms with Gasteiger partial charge in [-0.3, -0.25) is 9.20 Å². The van der Waals surface area contributed by atoms with Crippen LogP contribution in [0.25, 0.3) is 5.65 Å². The van der Waals surface area contributed by atoms with Crippen molar-refractivity contribution in [3.63, 3.8) is 0 Å². The number of nitrogens with zero attached hydrogens (tertiary/aromatic N) is 2. The number of anilines is 2. The van der Waals surface area contributed by atoms with Gasteiger partial charge in [0.2, 0.25) is 5.78 Å². The van der Waals surface area contributed by atoms with E-state index in [1.807, 2.05) is 89.5 Å². The molecule has 4 rings (SSSR count). The number of pyridine rings is 1. The Morgan fingerprint density at radius 1 is 0.833 bits per heavy atom. The van der Waals surface area contributed by atoms with Crippen molar-refractivity contribution in [2.45, 2.75) is 0 Å². The van der Waals surface area contributed by atoms with Crippen molar-refractivity contribution in [1.29, 1.82) is 0 Å². The van der Waals surface area contributed by atoms with E-state index in [0.717, 1.165) is 11.3 Å². The van der Waals surface area contributed by atoms with Gasteiger partial charge in [-0.25, -0.2) is 4.98 Å². The number of carbonyl (C=O) groups excluding carboxylic acids is 1.